The molecule has 2 rings (SSSR count). The van der Waals surface area contributed by atoms with Gasteiger partial charge in [0.25, 0.3) is 0 Å². The summed E-state index contributed by atoms with van der Waals surface area (Å²) in [6.45, 7) is 7.11. The zero-order chi connectivity index (χ0) is 9.42. The van der Waals surface area contributed by atoms with Crippen LogP contribution in [0.4, 0.5) is 0 Å². The molecule has 1 aliphatic carbocycles. The van der Waals surface area contributed by atoms with Gasteiger partial charge in [-0.2, -0.15) is 11.8 Å². The summed E-state index contributed by atoms with van der Waals surface area (Å²) in [5, 5.41) is 4.62. The van der Waals surface area contributed by atoms with Crippen LogP contribution < -0.4 is 5.32 Å². The van der Waals surface area contributed by atoms with Crippen molar-refractivity contribution in [3.05, 3.63) is 0 Å². The molecule has 1 aliphatic heterocycles. The van der Waals surface area contributed by atoms with Crippen LogP contribution in [0.5, 0.6) is 0 Å². The van der Waals surface area contributed by atoms with Gasteiger partial charge in [0.1, 0.15) is 0 Å². The number of hydrogen-bond acceptors (Lipinski definition) is 2. The third-order valence-corrected chi connectivity index (χ3v) is 4.84. The van der Waals surface area contributed by atoms with Gasteiger partial charge in [0.05, 0.1) is 0 Å². The lowest BCUT2D eigenvalue weighted by Crippen LogP contribution is -2.42. The molecule has 5 unspecified atom stereocenters. The van der Waals surface area contributed by atoms with Crippen molar-refractivity contribution in [2.24, 2.45) is 11.8 Å². The first-order valence-electron chi connectivity index (χ1n) is 5.56. The van der Waals surface area contributed by atoms with E-state index in [9.17, 15) is 0 Å². The Morgan fingerprint density at radius 1 is 1.23 bits per heavy atom. The summed E-state index contributed by atoms with van der Waals surface area (Å²) in [6.07, 6.45) is 2.79. The Labute approximate surface area is 86.0 Å². The van der Waals surface area contributed by atoms with Crippen LogP contribution in [-0.4, -0.2) is 23.1 Å². The van der Waals surface area contributed by atoms with Crippen LogP contribution in [0.15, 0.2) is 0 Å². The topological polar surface area (TPSA) is 12.0 Å². The van der Waals surface area contributed by atoms with E-state index < -0.39 is 0 Å². The van der Waals surface area contributed by atoms with Gasteiger partial charge in [-0.25, -0.2) is 0 Å². The summed E-state index contributed by atoms with van der Waals surface area (Å²) in [5.41, 5.74) is 0. The fourth-order valence-corrected chi connectivity index (χ4v) is 3.75. The highest BCUT2D eigenvalue weighted by molar-refractivity contribution is 7.99. The van der Waals surface area contributed by atoms with E-state index in [1.54, 1.807) is 0 Å². The van der Waals surface area contributed by atoms with Crippen LogP contribution in [0.1, 0.15) is 33.6 Å². The lowest BCUT2D eigenvalue weighted by molar-refractivity contribution is 0.398. The maximum atomic E-state index is 3.80. The lowest BCUT2D eigenvalue weighted by Gasteiger charge is -2.24. The van der Waals surface area contributed by atoms with Gasteiger partial charge < -0.3 is 5.32 Å². The molecule has 1 heterocycles. The van der Waals surface area contributed by atoms with Gasteiger partial charge in [0.15, 0.2) is 0 Å². The summed E-state index contributed by atoms with van der Waals surface area (Å²) in [6, 6.07) is 1.52. The number of hydrogen-bond donors (Lipinski definition) is 1. The van der Waals surface area contributed by atoms with Gasteiger partial charge in [0, 0.05) is 17.3 Å². The summed E-state index contributed by atoms with van der Waals surface area (Å²) in [5.74, 6) is 3.29. The monoisotopic (exact) mass is 199 g/mol. The van der Waals surface area contributed by atoms with Crippen LogP contribution in [0.3, 0.4) is 0 Å². The Morgan fingerprint density at radius 2 is 1.92 bits per heavy atom. The molecule has 2 fully saturated rings. The van der Waals surface area contributed by atoms with E-state index in [1.807, 2.05) is 0 Å². The van der Waals surface area contributed by atoms with E-state index in [-0.39, 0.29) is 0 Å². The number of rotatable bonds is 1. The molecule has 0 spiro atoms. The molecule has 0 aromatic carbocycles. The largest absolute Gasteiger partial charge is 0.310 e. The van der Waals surface area contributed by atoms with Gasteiger partial charge in [0.2, 0.25) is 0 Å². The van der Waals surface area contributed by atoms with E-state index in [1.165, 1.54) is 18.6 Å². The Kier molecular flexibility index (Phi) is 2.89. The molecule has 0 aromatic heterocycles. The molecule has 0 radical (unpaired) electrons. The Hall–Kier alpha value is 0.310. The molecule has 1 saturated carbocycles. The first-order valence-corrected chi connectivity index (χ1v) is 6.61. The minimum atomic E-state index is 0.732. The van der Waals surface area contributed by atoms with E-state index in [2.05, 4.69) is 37.8 Å². The molecule has 0 aromatic rings. The Balaban J connectivity index is 1.96. The van der Waals surface area contributed by atoms with Gasteiger partial charge in [-0.1, -0.05) is 13.8 Å². The quantitative estimate of drug-likeness (QED) is 0.696. The summed E-state index contributed by atoms with van der Waals surface area (Å²) in [4.78, 5) is 0. The Bertz CT molecular complexity index is 183. The first-order chi connectivity index (χ1) is 6.18. The molecule has 1 saturated heterocycles. The van der Waals surface area contributed by atoms with Crippen molar-refractivity contribution in [3.8, 4) is 0 Å². The molecular weight excluding hydrogens is 178 g/mol. The van der Waals surface area contributed by atoms with Crippen molar-refractivity contribution < 1.29 is 0 Å². The first kappa shape index (κ1) is 9.85. The third-order valence-electron chi connectivity index (χ3n) is 3.55. The van der Waals surface area contributed by atoms with Gasteiger partial charge in [-0.15, -0.1) is 0 Å². The van der Waals surface area contributed by atoms with Crippen molar-refractivity contribution in [1.29, 1.82) is 0 Å². The second-order valence-electron chi connectivity index (χ2n) is 4.83. The third kappa shape index (κ3) is 2.21. The molecule has 2 heteroatoms. The summed E-state index contributed by atoms with van der Waals surface area (Å²) < 4.78 is 0. The van der Waals surface area contributed by atoms with Crippen LogP contribution in [-0.2, 0) is 0 Å². The number of thioether (sulfide) groups is 1. The molecule has 0 bridgehead atoms. The van der Waals surface area contributed by atoms with E-state index >= 15 is 0 Å². The average Bonchev–Trinajstić information content (AvgIpc) is 2.78. The van der Waals surface area contributed by atoms with Crippen LogP contribution in [0.2, 0.25) is 0 Å². The molecule has 2 aliphatic rings. The molecule has 1 N–H and O–H groups in total. The summed E-state index contributed by atoms with van der Waals surface area (Å²) >= 11 is 2.16. The van der Waals surface area contributed by atoms with Crippen molar-refractivity contribution in [2.75, 3.05) is 5.75 Å². The highest BCUT2D eigenvalue weighted by Gasteiger charge is 2.42. The maximum absolute atomic E-state index is 3.80. The van der Waals surface area contributed by atoms with Crippen molar-refractivity contribution in [1.82, 2.24) is 5.32 Å². The minimum Gasteiger partial charge on any atom is -0.310 e. The van der Waals surface area contributed by atoms with Crippen LogP contribution in [0, 0.1) is 11.8 Å². The van der Waals surface area contributed by atoms with Crippen LogP contribution >= 0.6 is 11.8 Å². The second kappa shape index (κ2) is 3.82. The van der Waals surface area contributed by atoms with Gasteiger partial charge in [-0.3, -0.25) is 0 Å². The molecule has 76 valence electrons. The zero-order valence-corrected chi connectivity index (χ0v) is 9.73. The fraction of sp³-hybridized carbons (Fsp3) is 1.00. The number of nitrogens with one attached hydrogen (secondary N) is 1. The smallest absolute Gasteiger partial charge is 0.0217 e. The predicted octanol–water partition coefficient (Wildman–Crippen LogP) is 2.51. The highest BCUT2D eigenvalue weighted by Crippen LogP contribution is 2.44. The minimum absolute atomic E-state index is 0.732. The van der Waals surface area contributed by atoms with Crippen molar-refractivity contribution in [2.45, 2.75) is 50.9 Å². The van der Waals surface area contributed by atoms with Gasteiger partial charge >= 0.3 is 0 Å². The molecular formula is C11H21NS. The SMILES string of the molecule is CC1CCSC(C)C(C2CC2C)N1. The molecule has 5 atom stereocenters. The molecule has 1 nitrogen and oxygen atoms in total. The fourth-order valence-electron chi connectivity index (χ4n) is 2.40. The average molecular weight is 199 g/mol. The van der Waals surface area contributed by atoms with E-state index in [0.717, 1.165) is 29.2 Å². The standard InChI is InChI=1S/C11H21NS/c1-7-6-10(7)11-9(3)13-5-4-8(2)12-11/h7-12H,4-6H2,1-3H3. The lowest BCUT2D eigenvalue weighted by atomic mass is 10.1. The second-order valence-corrected chi connectivity index (χ2v) is 6.32. The predicted molar refractivity (Wildman–Crippen MR) is 60.2 cm³/mol. The van der Waals surface area contributed by atoms with Crippen LogP contribution in [0.25, 0.3) is 0 Å². The normalized spacial score (nSPS) is 51.5. The maximum Gasteiger partial charge on any atom is 0.0217 e. The Morgan fingerprint density at radius 3 is 2.54 bits per heavy atom. The van der Waals surface area contributed by atoms with E-state index in [4.69, 9.17) is 0 Å². The van der Waals surface area contributed by atoms with Gasteiger partial charge in [-0.05, 0) is 37.4 Å². The van der Waals surface area contributed by atoms with Crippen molar-refractivity contribution >= 4 is 11.8 Å². The highest BCUT2D eigenvalue weighted by atomic mass is 32.2. The summed E-state index contributed by atoms with van der Waals surface area (Å²) in [7, 11) is 0. The molecule has 0 amide bonds. The van der Waals surface area contributed by atoms with E-state index in [0.29, 0.717) is 0 Å². The van der Waals surface area contributed by atoms with Crippen molar-refractivity contribution in [3.63, 3.8) is 0 Å². The zero-order valence-electron chi connectivity index (χ0n) is 8.92. The molecule has 13 heavy (non-hydrogen) atoms.